The quantitative estimate of drug-likeness (QED) is 0.480. The van der Waals surface area contributed by atoms with Gasteiger partial charge in [-0.15, -0.1) is 0 Å². The zero-order valence-corrected chi connectivity index (χ0v) is 18.9. The molecule has 0 amide bonds. The van der Waals surface area contributed by atoms with Crippen molar-refractivity contribution in [1.82, 2.24) is 0 Å². The SMILES string of the molecule is CC(C)C12OC1C1OC13C1(C)CCC4=C(COC4=O)C1CC1OC13C2OC(=O)CCC(=O)O. The van der Waals surface area contributed by atoms with Crippen LogP contribution in [0.5, 0.6) is 0 Å². The third-order valence-corrected chi connectivity index (χ3v) is 9.86. The molecule has 3 aliphatic carbocycles. The van der Waals surface area contributed by atoms with Crippen LogP contribution in [0, 0.1) is 17.3 Å². The Bertz CT molecular complexity index is 1050. The molecule has 1 N–H and O–H groups in total. The predicted molar refractivity (Wildman–Crippen MR) is 108 cm³/mol. The molecule has 7 aliphatic rings. The van der Waals surface area contributed by atoms with Gasteiger partial charge in [0.25, 0.3) is 0 Å². The van der Waals surface area contributed by atoms with Crippen molar-refractivity contribution in [2.45, 2.75) is 94.1 Å². The number of hydrogen-bond donors (Lipinski definition) is 1. The zero-order chi connectivity index (χ0) is 23.1. The van der Waals surface area contributed by atoms with Gasteiger partial charge in [-0.2, -0.15) is 0 Å². The molecule has 4 aliphatic heterocycles. The van der Waals surface area contributed by atoms with Crippen molar-refractivity contribution in [2.75, 3.05) is 6.61 Å². The van der Waals surface area contributed by atoms with E-state index in [1.165, 1.54) is 0 Å². The fourth-order valence-electron chi connectivity index (χ4n) is 8.24. The lowest BCUT2D eigenvalue weighted by Crippen LogP contribution is -2.70. The van der Waals surface area contributed by atoms with Gasteiger partial charge in [0, 0.05) is 11.0 Å². The Labute approximate surface area is 190 Å². The molecule has 7 rings (SSSR count). The average molecular weight is 460 g/mol. The van der Waals surface area contributed by atoms with Crippen LogP contribution in [-0.2, 0) is 38.1 Å². The summed E-state index contributed by atoms with van der Waals surface area (Å²) in [7, 11) is 0. The number of ether oxygens (including phenoxy) is 5. The van der Waals surface area contributed by atoms with Crippen LogP contribution in [0.1, 0.15) is 52.9 Å². The van der Waals surface area contributed by atoms with Crippen molar-refractivity contribution in [1.29, 1.82) is 0 Å². The number of epoxide rings is 3. The van der Waals surface area contributed by atoms with E-state index >= 15 is 0 Å². The Morgan fingerprint density at radius 2 is 1.97 bits per heavy atom. The smallest absolute Gasteiger partial charge is 0.334 e. The number of rotatable bonds is 5. The van der Waals surface area contributed by atoms with E-state index in [0.717, 1.165) is 17.6 Å². The topological polar surface area (TPSA) is 127 Å². The fourth-order valence-corrected chi connectivity index (χ4v) is 8.24. The van der Waals surface area contributed by atoms with Crippen LogP contribution in [0.15, 0.2) is 11.1 Å². The van der Waals surface area contributed by atoms with Crippen molar-refractivity contribution >= 4 is 17.9 Å². The Morgan fingerprint density at radius 1 is 1.18 bits per heavy atom. The third kappa shape index (κ3) is 2.06. The largest absolute Gasteiger partial charge is 0.481 e. The predicted octanol–water partition coefficient (Wildman–Crippen LogP) is 1.52. The highest BCUT2D eigenvalue weighted by atomic mass is 16.8. The van der Waals surface area contributed by atoms with Crippen molar-refractivity contribution in [3.05, 3.63) is 11.1 Å². The minimum atomic E-state index is -1.04. The number of carboxylic acids is 1. The molecule has 178 valence electrons. The van der Waals surface area contributed by atoms with Crippen LogP contribution in [0.25, 0.3) is 0 Å². The summed E-state index contributed by atoms with van der Waals surface area (Å²) >= 11 is 0. The maximum Gasteiger partial charge on any atom is 0.334 e. The van der Waals surface area contributed by atoms with Gasteiger partial charge in [0.05, 0.1) is 18.9 Å². The molecule has 2 spiro atoms. The average Bonchev–Trinajstić information content (AvgIpc) is 3.65. The van der Waals surface area contributed by atoms with E-state index in [2.05, 4.69) is 6.92 Å². The second-order valence-corrected chi connectivity index (χ2v) is 11.3. The molecule has 9 heteroatoms. The molecule has 9 atom stereocenters. The summed E-state index contributed by atoms with van der Waals surface area (Å²) in [6, 6.07) is 0. The molecule has 0 aromatic carbocycles. The van der Waals surface area contributed by atoms with Gasteiger partial charge in [0.1, 0.15) is 30.0 Å². The number of hydrogen-bond acceptors (Lipinski definition) is 8. The van der Waals surface area contributed by atoms with Gasteiger partial charge in [-0.05, 0) is 36.7 Å². The Morgan fingerprint density at radius 3 is 2.70 bits per heavy atom. The number of esters is 2. The van der Waals surface area contributed by atoms with Gasteiger partial charge >= 0.3 is 17.9 Å². The van der Waals surface area contributed by atoms with Gasteiger partial charge in [-0.1, -0.05) is 20.8 Å². The lowest BCUT2D eigenvalue weighted by Gasteiger charge is -2.53. The summed E-state index contributed by atoms with van der Waals surface area (Å²) < 4.78 is 30.9. The molecule has 2 saturated carbocycles. The Hall–Kier alpha value is -1.97. The molecule has 9 unspecified atom stereocenters. The number of carbonyl (C=O) groups is 3. The van der Waals surface area contributed by atoms with Crippen LogP contribution < -0.4 is 0 Å². The lowest BCUT2D eigenvalue weighted by atomic mass is 9.46. The van der Waals surface area contributed by atoms with Crippen molar-refractivity contribution in [2.24, 2.45) is 17.3 Å². The van der Waals surface area contributed by atoms with Crippen LogP contribution in [0.3, 0.4) is 0 Å². The Kier molecular flexibility index (Phi) is 3.59. The van der Waals surface area contributed by atoms with E-state index < -0.39 is 34.8 Å². The Balaban J connectivity index is 1.29. The number of fused-ring (bicyclic) bond motifs is 4. The summed E-state index contributed by atoms with van der Waals surface area (Å²) in [6.07, 6.45) is 0.464. The number of carboxylic acid groups (broad SMARTS) is 1. The maximum atomic E-state index is 12.7. The molecular weight excluding hydrogens is 432 g/mol. The highest BCUT2D eigenvalue weighted by Crippen LogP contribution is 2.83. The fraction of sp³-hybridized carbons (Fsp3) is 0.792. The van der Waals surface area contributed by atoms with E-state index in [1.54, 1.807) is 0 Å². The second-order valence-electron chi connectivity index (χ2n) is 11.3. The minimum absolute atomic E-state index is 0.0632. The first-order valence-corrected chi connectivity index (χ1v) is 12.0. The van der Waals surface area contributed by atoms with Crippen LogP contribution >= 0.6 is 0 Å². The summed E-state index contributed by atoms with van der Waals surface area (Å²) in [5, 5.41) is 9.00. The first-order valence-electron chi connectivity index (χ1n) is 12.0. The van der Waals surface area contributed by atoms with E-state index in [9.17, 15) is 14.4 Å². The van der Waals surface area contributed by atoms with Gasteiger partial charge < -0.3 is 28.8 Å². The summed E-state index contributed by atoms with van der Waals surface area (Å²) in [6.45, 7) is 6.65. The highest BCUT2D eigenvalue weighted by molar-refractivity contribution is 5.92. The van der Waals surface area contributed by atoms with Crippen LogP contribution in [-0.4, -0.2) is 70.8 Å². The maximum absolute atomic E-state index is 12.7. The normalized spacial score (nSPS) is 51.9. The molecule has 0 aromatic heterocycles. The van der Waals surface area contributed by atoms with Gasteiger partial charge in [0.2, 0.25) is 0 Å². The summed E-state index contributed by atoms with van der Waals surface area (Å²) in [5.74, 6) is -1.63. The van der Waals surface area contributed by atoms with Crippen LogP contribution in [0.4, 0.5) is 0 Å². The minimum Gasteiger partial charge on any atom is -0.481 e. The highest BCUT2D eigenvalue weighted by Gasteiger charge is 3.01. The molecule has 33 heavy (non-hydrogen) atoms. The van der Waals surface area contributed by atoms with Crippen molar-refractivity contribution < 1.29 is 43.2 Å². The molecule has 3 saturated heterocycles. The van der Waals surface area contributed by atoms with Crippen molar-refractivity contribution in [3.63, 3.8) is 0 Å². The standard InChI is InChI=1S/C24H28O9/c1-10(2)22-17(32-22)18-24(33-18)21(3)7-6-11-12(9-29-19(11)28)13(21)8-14-23(24,31-14)20(22)30-16(27)5-4-15(25)26/h10,13-14,17-18,20H,4-9H2,1-3H3,(H,25,26). The molecule has 0 aromatic rings. The third-order valence-electron chi connectivity index (χ3n) is 9.86. The monoisotopic (exact) mass is 460 g/mol. The van der Waals surface area contributed by atoms with Gasteiger partial charge in [-0.3, -0.25) is 9.59 Å². The summed E-state index contributed by atoms with van der Waals surface area (Å²) in [4.78, 5) is 36.0. The van der Waals surface area contributed by atoms with Crippen LogP contribution in [0.2, 0.25) is 0 Å². The molecule has 4 heterocycles. The van der Waals surface area contributed by atoms with Crippen molar-refractivity contribution in [3.8, 4) is 0 Å². The molecule has 5 fully saturated rings. The molecular formula is C24H28O9. The van der Waals surface area contributed by atoms with E-state index in [4.69, 9.17) is 28.8 Å². The summed E-state index contributed by atoms with van der Waals surface area (Å²) in [5.41, 5.74) is -0.569. The number of cyclic esters (lactones) is 1. The van der Waals surface area contributed by atoms with E-state index in [0.29, 0.717) is 19.4 Å². The number of carbonyl (C=O) groups excluding carboxylic acids is 2. The van der Waals surface area contributed by atoms with Gasteiger partial charge in [-0.25, -0.2) is 4.79 Å². The van der Waals surface area contributed by atoms with E-state index in [-0.39, 0.29) is 54.4 Å². The lowest BCUT2D eigenvalue weighted by molar-refractivity contribution is -0.170. The zero-order valence-electron chi connectivity index (χ0n) is 18.9. The molecule has 9 nitrogen and oxygen atoms in total. The number of aliphatic carboxylic acids is 1. The second kappa shape index (κ2) is 5.80. The molecule has 0 radical (unpaired) electrons. The van der Waals surface area contributed by atoms with E-state index in [1.807, 2.05) is 13.8 Å². The molecule has 0 bridgehead atoms. The first kappa shape index (κ1) is 20.4. The first-order chi connectivity index (χ1) is 15.6. The van der Waals surface area contributed by atoms with Gasteiger partial charge in [0.15, 0.2) is 11.7 Å².